The first-order valence-electron chi connectivity index (χ1n) is 20.6. The molecule has 6 N–H and O–H groups in total. The Morgan fingerprint density at radius 2 is 0.970 bits per heavy atom. The van der Waals surface area contributed by atoms with Crippen molar-refractivity contribution in [3.63, 3.8) is 0 Å². The van der Waals surface area contributed by atoms with Gasteiger partial charge in [-0.25, -0.2) is 26.3 Å². The predicted molar refractivity (Wildman–Crippen MR) is 227 cm³/mol. The van der Waals surface area contributed by atoms with E-state index in [-0.39, 0.29) is 55.1 Å². The number of halogens is 8. The summed E-state index contributed by atoms with van der Waals surface area (Å²) in [5.41, 5.74) is -0.597. The lowest BCUT2D eigenvalue weighted by Crippen LogP contribution is -2.65. The highest BCUT2D eigenvalue weighted by atomic mass is 35.5. The molecular formula is C44H42Cl2F6N6O8. The molecule has 2 aliphatic heterocycles. The van der Waals surface area contributed by atoms with E-state index < -0.39 is 109 Å². The van der Waals surface area contributed by atoms with Crippen LogP contribution in [0.5, 0.6) is 0 Å². The van der Waals surface area contributed by atoms with Gasteiger partial charge in [0.25, 0.3) is 47.0 Å². The molecule has 0 atom stereocenters. The number of nitrogens with zero attached hydrogens (tertiary/aromatic N) is 2. The molecule has 2 aliphatic carbocycles. The fraction of sp³-hybridized carbons (Fsp3) is 0.409. The zero-order chi connectivity index (χ0) is 48.3. The number of rotatable bonds is 12. The summed E-state index contributed by atoms with van der Waals surface area (Å²) in [5, 5.41) is 28.4. The smallest absolute Gasteiger partial charge is 0.292 e. The lowest BCUT2D eigenvalue weighted by Gasteiger charge is -2.46. The standard InChI is InChI=1S/2C22H21ClF3N3O4/c2*1-11-16(18(31)20(33)28-21(10-30)8-22(25,26)9-21)15-3-2-6-29(15)17(11)19(32)27-12-4-5-14(24)13(23)7-12/h2*4-5,7,30H,2-3,6,8-10H2,1H3,(H,27,32)(H,28,33). The van der Waals surface area contributed by atoms with Crippen LogP contribution in [0.3, 0.4) is 0 Å². The van der Waals surface area contributed by atoms with Gasteiger partial charge in [0.2, 0.25) is 0 Å². The Kier molecular flexibility index (Phi) is 13.0. The van der Waals surface area contributed by atoms with Crippen molar-refractivity contribution < 1.29 is 65.3 Å². The molecule has 8 rings (SSSR count). The number of hydrogen-bond acceptors (Lipinski definition) is 8. The van der Waals surface area contributed by atoms with Gasteiger partial charge in [0, 0.05) is 61.5 Å². The monoisotopic (exact) mass is 966 g/mol. The number of aliphatic hydroxyl groups excluding tert-OH is 2. The molecule has 0 bridgehead atoms. The van der Waals surface area contributed by atoms with E-state index in [1.54, 1.807) is 9.13 Å². The van der Waals surface area contributed by atoms with Gasteiger partial charge in [-0.05, 0) is 87.1 Å². The van der Waals surface area contributed by atoms with Crippen LogP contribution in [0.15, 0.2) is 36.4 Å². The molecule has 0 spiro atoms. The normalized spacial score (nSPS) is 17.8. The number of ketones is 2. The minimum Gasteiger partial charge on any atom is -0.394 e. The molecule has 0 unspecified atom stereocenters. The third kappa shape index (κ3) is 9.19. The second kappa shape index (κ2) is 17.8. The van der Waals surface area contributed by atoms with Crippen molar-refractivity contribution in [2.75, 3.05) is 23.8 Å². The van der Waals surface area contributed by atoms with Gasteiger partial charge in [-0.3, -0.25) is 28.8 Å². The molecule has 4 amide bonds. The first kappa shape index (κ1) is 48.2. The highest BCUT2D eigenvalue weighted by Gasteiger charge is 2.58. The summed E-state index contributed by atoms with van der Waals surface area (Å²) in [6, 6.07) is 7.39. The van der Waals surface area contributed by atoms with Gasteiger partial charge in [-0.15, -0.1) is 0 Å². The van der Waals surface area contributed by atoms with E-state index in [9.17, 15) is 65.3 Å². The zero-order valence-electron chi connectivity index (χ0n) is 35.2. The van der Waals surface area contributed by atoms with Crippen LogP contribution in [0, 0.1) is 25.5 Å². The Morgan fingerprint density at radius 3 is 1.27 bits per heavy atom. The SMILES string of the molecule is Cc1c(C(=O)C(=O)NC2(CO)CC(F)(F)C2)c2n(c1C(=O)Nc1ccc(F)c(Cl)c1)CCC2.Cc1c(C(=O)C(=O)NC2(CO)CC(F)(F)C2)c2n(c1C(=O)Nc1ccc(F)c(Cl)c1)CCC2. The fourth-order valence-electron chi connectivity index (χ4n) is 9.33. The van der Waals surface area contributed by atoms with E-state index >= 15 is 0 Å². The van der Waals surface area contributed by atoms with E-state index in [2.05, 4.69) is 21.3 Å². The molecule has 0 saturated heterocycles. The number of hydrogen-bond donors (Lipinski definition) is 6. The van der Waals surface area contributed by atoms with Crippen LogP contribution in [-0.2, 0) is 35.5 Å². The Bertz CT molecular complexity index is 2520. The summed E-state index contributed by atoms with van der Waals surface area (Å²) in [4.78, 5) is 77.3. The maximum atomic E-state index is 13.4. The Balaban J connectivity index is 0.000000196. The minimum absolute atomic E-state index is 0.0476. The quantitative estimate of drug-likeness (QED) is 0.0526. The molecule has 4 heterocycles. The van der Waals surface area contributed by atoms with Crippen molar-refractivity contribution in [2.45, 2.75) is 101 Å². The van der Waals surface area contributed by atoms with Crippen LogP contribution < -0.4 is 21.3 Å². The molecule has 22 heteroatoms. The second-order valence-electron chi connectivity index (χ2n) is 17.1. The van der Waals surface area contributed by atoms with E-state index in [4.69, 9.17) is 23.2 Å². The van der Waals surface area contributed by atoms with Crippen LogP contribution in [0.1, 0.15) is 103 Å². The van der Waals surface area contributed by atoms with E-state index in [0.717, 1.165) is 12.1 Å². The topological polar surface area (TPSA) is 201 Å². The van der Waals surface area contributed by atoms with Crippen LogP contribution in [0.25, 0.3) is 0 Å². The largest absolute Gasteiger partial charge is 0.394 e. The van der Waals surface area contributed by atoms with Crippen LogP contribution >= 0.6 is 23.2 Å². The van der Waals surface area contributed by atoms with E-state index in [1.807, 2.05) is 0 Å². The van der Waals surface area contributed by atoms with Gasteiger partial charge >= 0.3 is 0 Å². The molecule has 2 aromatic heterocycles. The van der Waals surface area contributed by atoms with Gasteiger partial charge in [-0.1, -0.05) is 23.2 Å². The lowest BCUT2D eigenvalue weighted by molar-refractivity contribution is -0.155. The summed E-state index contributed by atoms with van der Waals surface area (Å²) < 4.78 is 83.4. The summed E-state index contributed by atoms with van der Waals surface area (Å²) in [6.07, 6.45) is -0.818. The summed E-state index contributed by atoms with van der Waals surface area (Å²) in [7, 11) is 0. The number of aliphatic hydroxyl groups is 2. The summed E-state index contributed by atoms with van der Waals surface area (Å²) in [5.74, 6) is -12.6. The minimum atomic E-state index is -3.01. The first-order valence-corrected chi connectivity index (χ1v) is 21.4. The average molecular weight is 968 g/mol. The lowest BCUT2D eigenvalue weighted by atomic mass is 9.73. The number of anilines is 2. The van der Waals surface area contributed by atoms with Gasteiger partial charge in [0.1, 0.15) is 23.0 Å². The fourth-order valence-corrected chi connectivity index (χ4v) is 9.69. The first-order chi connectivity index (χ1) is 30.9. The molecule has 2 fully saturated rings. The molecule has 2 aromatic carbocycles. The van der Waals surface area contributed by atoms with Crippen molar-refractivity contribution in [2.24, 2.45) is 0 Å². The number of nitrogens with one attached hydrogen (secondary N) is 4. The maximum absolute atomic E-state index is 13.4. The summed E-state index contributed by atoms with van der Waals surface area (Å²) in [6.45, 7) is 2.51. The molecule has 2 saturated carbocycles. The van der Waals surface area contributed by atoms with Gasteiger partial charge in [0.05, 0.1) is 45.5 Å². The van der Waals surface area contributed by atoms with Crippen molar-refractivity contribution >= 4 is 69.8 Å². The van der Waals surface area contributed by atoms with Crippen molar-refractivity contribution in [1.29, 1.82) is 0 Å². The number of Topliss-reactive ketones (excluding diaryl/α,β-unsaturated/α-hetero) is 2. The average Bonchev–Trinajstić information content (AvgIpc) is 4.00. The number of alkyl halides is 4. The molecule has 66 heavy (non-hydrogen) atoms. The Labute approximate surface area is 382 Å². The third-order valence-electron chi connectivity index (χ3n) is 12.2. The van der Waals surface area contributed by atoms with Crippen molar-refractivity contribution in [1.82, 2.24) is 19.8 Å². The number of carbonyl (C=O) groups is 6. The number of aromatic nitrogens is 2. The molecule has 352 valence electrons. The molecular weight excluding hydrogens is 925 g/mol. The molecule has 0 radical (unpaired) electrons. The molecule has 14 nitrogen and oxygen atoms in total. The Hall–Kier alpha value is -5.70. The molecule has 4 aliphatic rings. The highest BCUT2D eigenvalue weighted by Crippen LogP contribution is 2.46. The maximum Gasteiger partial charge on any atom is 0.292 e. The van der Waals surface area contributed by atoms with E-state index in [1.165, 1.54) is 38.1 Å². The van der Waals surface area contributed by atoms with Gasteiger partial charge in [-0.2, -0.15) is 0 Å². The molecule has 4 aromatic rings. The van der Waals surface area contributed by atoms with Crippen molar-refractivity contribution in [3.8, 4) is 0 Å². The third-order valence-corrected chi connectivity index (χ3v) is 12.8. The Morgan fingerprint density at radius 1 is 0.621 bits per heavy atom. The van der Waals surface area contributed by atoms with Crippen LogP contribution in [-0.4, -0.2) is 90.7 Å². The zero-order valence-corrected chi connectivity index (χ0v) is 36.7. The summed E-state index contributed by atoms with van der Waals surface area (Å²) >= 11 is 11.5. The van der Waals surface area contributed by atoms with Gasteiger partial charge < -0.3 is 40.6 Å². The van der Waals surface area contributed by atoms with E-state index in [0.29, 0.717) is 50.2 Å². The van der Waals surface area contributed by atoms with Gasteiger partial charge in [0.15, 0.2) is 0 Å². The number of benzene rings is 2. The number of fused-ring (bicyclic) bond motifs is 2. The predicted octanol–water partition coefficient (Wildman–Crippen LogP) is 6.49. The second-order valence-corrected chi connectivity index (χ2v) is 17.9. The van der Waals surface area contributed by atoms with Crippen molar-refractivity contribution in [3.05, 3.63) is 103 Å². The van der Waals surface area contributed by atoms with Crippen LogP contribution in [0.2, 0.25) is 10.0 Å². The number of carbonyl (C=O) groups excluding carboxylic acids is 6. The van der Waals surface area contributed by atoms with Crippen LogP contribution in [0.4, 0.5) is 37.7 Å². The number of amides is 4. The highest BCUT2D eigenvalue weighted by molar-refractivity contribution is 6.44.